The Bertz CT molecular complexity index is 3780. The van der Waals surface area contributed by atoms with Crippen molar-refractivity contribution in [1.82, 2.24) is 61.1 Å². The van der Waals surface area contributed by atoms with Gasteiger partial charge in [0.2, 0.25) is 23.6 Å². The third kappa shape index (κ3) is 24.1. The van der Waals surface area contributed by atoms with Gasteiger partial charge in [-0.2, -0.15) is 0 Å². The van der Waals surface area contributed by atoms with Crippen LogP contribution in [0.25, 0.3) is 0 Å². The highest BCUT2D eigenvalue weighted by molar-refractivity contribution is 5.88. The first kappa shape index (κ1) is 85.3. The smallest absolute Gasteiger partial charge is 0.408 e. The third-order valence-electron chi connectivity index (χ3n) is 21.6. The molecule has 2 aromatic carbocycles. The molecule has 0 spiro atoms. The van der Waals surface area contributed by atoms with Gasteiger partial charge in [0.05, 0.1) is 87.3 Å². The molecule has 6 amide bonds. The molecule has 602 valence electrons. The van der Waals surface area contributed by atoms with E-state index in [1.54, 1.807) is 114 Å². The average molecular weight is 1530 g/mol. The molecule has 4 aliphatic carbocycles. The number of nitrogens with zero attached hydrogens (tertiary/aromatic N) is 8. The minimum atomic E-state index is -0.792. The maximum atomic E-state index is 14.2. The van der Waals surface area contributed by atoms with Crippen LogP contribution >= 0.6 is 0 Å². The monoisotopic (exact) mass is 1530 g/mol. The molecule has 109 heavy (non-hydrogen) atoms. The number of fused-ring (bicyclic) bond motifs is 5. The summed E-state index contributed by atoms with van der Waals surface area (Å²) in [5, 5.41) is 27.7. The van der Waals surface area contributed by atoms with Crippen LogP contribution in [-0.2, 0) is 106 Å². The summed E-state index contributed by atoms with van der Waals surface area (Å²) in [6.45, 7) is 18.8. The fraction of sp³-hybridized carbons (Fsp3) is 0.675. The highest BCUT2D eigenvalue weighted by atomic mass is 16.6. The van der Waals surface area contributed by atoms with E-state index in [1.807, 2.05) is 0 Å². The van der Waals surface area contributed by atoms with Crippen LogP contribution in [0, 0.1) is 46.3 Å². The Morgan fingerprint density at radius 3 is 1.56 bits per heavy atom. The fourth-order valence-corrected chi connectivity index (χ4v) is 16.6. The van der Waals surface area contributed by atoms with E-state index in [1.165, 1.54) is 45.3 Å². The number of esters is 3. The van der Waals surface area contributed by atoms with E-state index >= 15 is 0 Å². The van der Waals surface area contributed by atoms with Crippen molar-refractivity contribution < 1.29 is 95.3 Å². The molecule has 0 unspecified atom stereocenters. The number of hydrogen-bond donors (Lipinski definition) is 4. The van der Waals surface area contributed by atoms with Crippen LogP contribution in [-0.4, -0.2) is 204 Å². The molecule has 4 aliphatic rings. The van der Waals surface area contributed by atoms with Crippen LogP contribution in [0.2, 0.25) is 0 Å². The molecule has 8 rings (SSSR count). The van der Waals surface area contributed by atoms with Crippen molar-refractivity contribution in [3.8, 4) is 23.0 Å². The van der Waals surface area contributed by atoms with E-state index in [0.29, 0.717) is 83.5 Å². The van der Waals surface area contributed by atoms with Gasteiger partial charge in [-0.05, 0) is 178 Å². The van der Waals surface area contributed by atoms with Crippen molar-refractivity contribution in [1.29, 1.82) is 0 Å². The van der Waals surface area contributed by atoms with Gasteiger partial charge in [-0.1, -0.05) is 31.2 Å². The number of ether oxygens (including phenoxy) is 11. The molecule has 32 nitrogen and oxygen atoms in total. The van der Waals surface area contributed by atoms with E-state index in [0.717, 1.165) is 32.1 Å². The molecule has 0 saturated heterocycles. The van der Waals surface area contributed by atoms with Gasteiger partial charge in [0.1, 0.15) is 84.1 Å². The van der Waals surface area contributed by atoms with Crippen molar-refractivity contribution in [2.75, 3.05) is 74.9 Å². The summed E-state index contributed by atoms with van der Waals surface area (Å²) in [4.78, 5) is 122. The van der Waals surface area contributed by atoms with Crippen LogP contribution in [0.4, 0.5) is 9.59 Å². The lowest BCUT2D eigenvalue weighted by Gasteiger charge is -2.62. The summed E-state index contributed by atoms with van der Waals surface area (Å²) >= 11 is 0. The number of methoxy groups -OCH3 is 5. The molecule has 4 N–H and O–H groups in total. The summed E-state index contributed by atoms with van der Waals surface area (Å²) in [6, 6.07) is 9.27. The Kier molecular flexibility index (Phi) is 30.0. The van der Waals surface area contributed by atoms with Gasteiger partial charge in [0.15, 0.2) is 0 Å². The number of alkyl carbamates (subject to hydrolysis) is 2. The van der Waals surface area contributed by atoms with Crippen molar-refractivity contribution in [2.24, 2.45) is 46.3 Å². The van der Waals surface area contributed by atoms with Crippen LogP contribution in [0.1, 0.15) is 163 Å². The lowest BCUT2D eigenvalue weighted by molar-refractivity contribution is -0.202. The van der Waals surface area contributed by atoms with Gasteiger partial charge in [-0.3, -0.25) is 33.3 Å². The van der Waals surface area contributed by atoms with Gasteiger partial charge < -0.3 is 83.2 Å². The Balaban J connectivity index is 0.815. The van der Waals surface area contributed by atoms with Crippen molar-refractivity contribution in [2.45, 2.75) is 215 Å². The number of hydrogen-bond acceptors (Lipinski definition) is 24. The fourth-order valence-electron chi connectivity index (χ4n) is 16.6. The molecule has 4 aromatic rings. The molecule has 32 heteroatoms. The number of rotatable bonds is 36. The molecule has 2 aromatic heterocycles. The van der Waals surface area contributed by atoms with E-state index in [-0.39, 0.29) is 118 Å². The molecule has 4 fully saturated rings. The second kappa shape index (κ2) is 38.3. The first-order valence-corrected chi connectivity index (χ1v) is 37.5. The summed E-state index contributed by atoms with van der Waals surface area (Å²) in [7, 11) is 7.42. The predicted octanol–water partition coefficient (Wildman–Crippen LogP) is 7.44. The molecule has 0 bridgehead atoms. The van der Waals surface area contributed by atoms with E-state index in [4.69, 9.17) is 52.1 Å². The van der Waals surface area contributed by atoms with Gasteiger partial charge in [0.25, 0.3) is 0 Å². The number of amides is 6. The second-order valence-electron chi connectivity index (χ2n) is 31.8. The Labute approximate surface area is 638 Å². The van der Waals surface area contributed by atoms with Gasteiger partial charge in [-0.15, -0.1) is 10.2 Å². The SMILES string of the molecule is COC(=O)CC[C@@H](C)[C@H]1CC[C@H]2[C@@H]3CC[C@@H]4C[C@H](OC(=O)COCc5cn(C[C@H](C)NC(=O)CN(Cc6ccc(OC)cc6OC)C(=O)CNC(=O)OC(C)(C)C)nn5)CC[C@]4(C)[C@H]3C[C@H](OC(=O)COCc3cn(C[C@H](C)NC(=O)CN(Cc4ccc(OC)cc4OC)C(=O)CNC(=O)OC(C)(C)C)nn3)[C@]12C. The number of aromatic nitrogens is 6. The molecule has 0 aliphatic heterocycles. The zero-order valence-corrected chi connectivity index (χ0v) is 66.2. The highest BCUT2D eigenvalue weighted by Crippen LogP contribution is 2.69. The van der Waals surface area contributed by atoms with Gasteiger partial charge in [-0.25, -0.2) is 19.2 Å². The lowest BCUT2D eigenvalue weighted by atomic mass is 9.43. The Hall–Kier alpha value is -9.33. The van der Waals surface area contributed by atoms with Gasteiger partial charge in [0, 0.05) is 60.3 Å². The minimum absolute atomic E-state index is 0.0176. The second-order valence-corrected chi connectivity index (χ2v) is 31.8. The number of benzene rings is 2. The first-order valence-electron chi connectivity index (χ1n) is 37.5. The van der Waals surface area contributed by atoms with E-state index in [9.17, 15) is 43.2 Å². The zero-order valence-electron chi connectivity index (χ0n) is 66.2. The lowest BCUT2D eigenvalue weighted by Crippen LogP contribution is -2.59. The average Bonchev–Trinajstić information content (AvgIpc) is 1.66. The van der Waals surface area contributed by atoms with E-state index < -0.39 is 90.2 Å². The van der Waals surface area contributed by atoms with Crippen molar-refractivity contribution in [3.63, 3.8) is 0 Å². The van der Waals surface area contributed by atoms with Crippen molar-refractivity contribution >= 4 is 53.7 Å². The molecule has 12 atom stereocenters. The first-order chi connectivity index (χ1) is 51.6. The summed E-state index contributed by atoms with van der Waals surface area (Å²) in [5.74, 6) is 0.150. The van der Waals surface area contributed by atoms with Crippen LogP contribution in [0.15, 0.2) is 48.8 Å². The molecular weight excluding hydrogens is 1410 g/mol. The quantitative estimate of drug-likeness (QED) is 0.0254. The van der Waals surface area contributed by atoms with E-state index in [2.05, 4.69) is 62.7 Å². The molecule has 4 saturated carbocycles. The molecule has 0 radical (unpaired) electrons. The van der Waals surface area contributed by atoms with Crippen molar-refractivity contribution in [3.05, 3.63) is 71.3 Å². The number of carbonyl (C=O) groups is 9. The Morgan fingerprint density at radius 2 is 1.09 bits per heavy atom. The number of nitrogens with one attached hydrogen (secondary N) is 4. The molecule has 2 heterocycles. The van der Waals surface area contributed by atoms with Crippen LogP contribution in [0.5, 0.6) is 23.0 Å². The summed E-state index contributed by atoms with van der Waals surface area (Å²) < 4.78 is 65.1. The van der Waals surface area contributed by atoms with Crippen LogP contribution in [0.3, 0.4) is 0 Å². The predicted molar refractivity (Wildman–Crippen MR) is 394 cm³/mol. The largest absolute Gasteiger partial charge is 0.497 e. The third-order valence-corrected chi connectivity index (χ3v) is 21.6. The summed E-state index contributed by atoms with van der Waals surface area (Å²) in [6.07, 6.45) is 8.67. The number of carbonyl (C=O) groups excluding carboxylic acids is 9. The normalized spacial score (nSPS) is 22.3. The maximum absolute atomic E-state index is 14.2. The Morgan fingerprint density at radius 1 is 0.596 bits per heavy atom. The standard InChI is InChI=1S/C77H114N12O20/c1-47(17-26-69(94)103-16)59-24-25-60-58-23-20-52-29-57(106-70(95)45-104-43-53-39-88(84-82-53)35-48(2)80-65(90)41-86(67(92)33-78-72(97)108-74(4,5)6)37-50-18-21-55(99-12)30-62(50)101-14)27-28-76(52,10)61(58)32-64(77(59,60)11)107-71(96)46-105-44-54-40-89(85-83-54)36-49(3)81-66(91)42-87(68(93)34-79-73(98)109-75(7,8)9)38-51-19-22-56(100-13)31-63(51)102-15/h18-19,21-22,30-31,39-40,47-49,52,57-61,64H,17,20,23-29,32-38,41-46H2,1-16H3,(H,78,97)(H,79,98)(H,80,90)(H,81,91)/t47-,48+,49+,52-,57-,58+,59-,60+,61+,64+,76+,77-/m1/s1. The minimum Gasteiger partial charge on any atom is -0.497 e. The zero-order chi connectivity index (χ0) is 79.5. The molecular formula is C77H114N12O20. The maximum Gasteiger partial charge on any atom is 0.408 e. The van der Waals surface area contributed by atoms with Gasteiger partial charge >= 0.3 is 30.1 Å². The topological polar surface area (TPSA) is 371 Å². The highest BCUT2D eigenvalue weighted by Gasteiger charge is 2.65. The summed E-state index contributed by atoms with van der Waals surface area (Å²) in [5.41, 5.74) is 0.0141. The van der Waals surface area contributed by atoms with Crippen LogP contribution < -0.4 is 40.2 Å².